The van der Waals surface area contributed by atoms with Crippen LogP contribution in [0.5, 0.6) is 0 Å². The Morgan fingerprint density at radius 2 is 1.90 bits per heavy atom. The van der Waals surface area contributed by atoms with E-state index in [2.05, 4.69) is 27.3 Å². The highest BCUT2D eigenvalue weighted by Gasteiger charge is 2.31. The summed E-state index contributed by atoms with van der Waals surface area (Å²) in [6.45, 7) is 5.39. The lowest BCUT2D eigenvalue weighted by Crippen LogP contribution is -2.41. The largest absolute Gasteiger partial charge is 0.369 e. The molecule has 2 N–H and O–H groups in total. The number of primary amides is 1. The van der Waals surface area contributed by atoms with E-state index in [0.29, 0.717) is 31.8 Å². The number of benzene rings is 1. The van der Waals surface area contributed by atoms with Gasteiger partial charge < -0.3 is 5.73 Å². The number of tetrazole rings is 1. The molecule has 0 radical (unpaired) electrons. The van der Waals surface area contributed by atoms with Crippen molar-refractivity contribution < 1.29 is 13.2 Å². The van der Waals surface area contributed by atoms with Gasteiger partial charge in [0.25, 0.3) is 0 Å². The lowest BCUT2D eigenvalue weighted by atomic mass is 9.94. The second-order valence-corrected chi connectivity index (χ2v) is 9.57. The zero-order chi connectivity index (χ0) is 21.0. The van der Waals surface area contributed by atoms with Gasteiger partial charge >= 0.3 is 0 Å². The predicted molar refractivity (Wildman–Crippen MR) is 107 cm³/mol. The van der Waals surface area contributed by atoms with Gasteiger partial charge in [0.2, 0.25) is 5.91 Å². The highest BCUT2D eigenvalue weighted by atomic mass is 32.2. The number of aryl methyl sites for hydroxylation is 1. The van der Waals surface area contributed by atoms with E-state index < -0.39 is 9.84 Å². The number of carbonyl (C=O) groups is 1. The average Bonchev–Trinajstić information content (AvgIpc) is 3.13. The Hall–Kier alpha value is -2.33. The van der Waals surface area contributed by atoms with Crippen molar-refractivity contribution in [3.63, 3.8) is 0 Å². The number of amides is 1. The fraction of sp³-hybridized carbons (Fsp3) is 0.579. The van der Waals surface area contributed by atoms with Crippen molar-refractivity contribution in [2.75, 3.05) is 13.1 Å². The molecule has 1 aliphatic rings. The number of rotatable bonds is 8. The average molecular weight is 421 g/mol. The van der Waals surface area contributed by atoms with Crippen LogP contribution in [0.3, 0.4) is 0 Å². The van der Waals surface area contributed by atoms with Crippen LogP contribution in [0.25, 0.3) is 0 Å². The fourth-order valence-corrected chi connectivity index (χ4v) is 4.97. The van der Waals surface area contributed by atoms with Crippen LogP contribution in [0, 0.1) is 12.8 Å². The maximum atomic E-state index is 12.9. The summed E-state index contributed by atoms with van der Waals surface area (Å²) in [5.41, 5.74) is 6.43. The minimum atomic E-state index is -3.58. The molecule has 1 aliphatic heterocycles. The third-order valence-corrected chi connectivity index (χ3v) is 7.04. The Balaban J connectivity index is 1.81. The van der Waals surface area contributed by atoms with Crippen LogP contribution in [0.2, 0.25) is 0 Å². The zero-order valence-electron chi connectivity index (χ0n) is 16.9. The van der Waals surface area contributed by atoms with Crippen molar-refractivity contribution >= 4 is 15.7 Å². The summed E-state index contributed by atoms with van der Waals surface area (Å²) >= 11 is 0. The van der Waals surface area contributed by atoms with Crippen molar-refractivity contribution in [1.29, 1.82) is 0 Å². The summed E-state index contributed by atoms with van der Waals surface area (Å²) in [5, 5.41) is 11.9. The van der Waals surface area contributed by atoms with E-state index in [1.807, 2.05) is 6.92 Å². The molecule has 3 rings (SSSR count). The van der Waals surface area contributed by atoms with E-state index in [1.165, 1.54) is 4.68 Å². The van der Waals surface area contributed by atoms with E-state index in [0.717, 1.165) is 18.4 Å². The van der Waals surface area contributed by atoms with E-state index in [1.54, 1.807) is 24.3 Å². The van der Waals surface area contributed by atoms with Gasteiger partial charge in [-0.1, -0.05) is 31.0 Å². The van der Waals surface area contributed by atoms with Gasteiger partial charge in [0.15, 0.2) is 21.5 Å². The molecule has 0 unspecified atom stereocenters. The van der Waals surface area contributed by atoms with Crippen LogP contribution in [0.4, 0.5) is 0 Å². The minimum absolute atomic E-state index is 0.1000. The summed E-state index contributed by atoms with van der Waals surface area (Å²) in [6, 6.07) is 6.66. The lowest BCUT2D eigenvalue weighted by Gasteiger charge is -2.36. The van der Waals surface area contributed by atoms with E-state index in [4.69, 9.17) is 5.73 Å². The van der Waals surface area contributed by atoms with Gasteiger partial charge in [-0.25, -0.2) is 13.1 Å². The summed E-state index contributed by atoms with van der Waals surface area (Å²) in [4.78, 5) is 13.9. The van der Waals surface area contributed by atoms with E-state index in [9.17, 15) is 13.2 Å². The van der Waals surface area contributed by atoms with E-state index in [-0.39, 0.29) is 28.6 Å². The number of aromatic nitrogens is 4. The van der Waals surface area contributed by atoms with Crippen LogP contribution in [0.1, 0.15) is 50.0 Å². The third-order valence-electron chi connectivity index (χ3n) is 5.46. The molecule has 0 aliphatic carbocycles. The number of hydrogen-bond acceptors (Lipinski definition) is 7. The van der Waals surface area contributed by atoms with Crippen LogP contribution in [-0.4, -0.2) is 52.5 Å². The Morgan fingerprint density at radius 3 is 2.48 bits per heavy atom. The van der Waals surface area contributed by atoms with Gasteiger partial charge in [-0.05, 0) is 61.8 Å². The Bertz CT molecular complexity index is 933. The summed E-state index contributed by atoms with van der Waals surface area (Å²) < 4.78 is 27.1. The standard InChI is InChI=1S/C19H28N6O3S/c1-3-4-17(24-11-9-15(10-12-24)18(20)26)19-21-22-23-25(19)13-29(27,28)16-7-5-14(2)6-8-16/h5-8,15,17H,3-4,9-13H2,1-2H3,(H2,20,26)/t17-/m0/s1. The number of likely N-dealkylation sites (tertiary alicyclic amines) is 1. The van der Waals surface area contributed by atoms with Crippen LogP contribution >= 0.6 is 0 Å². The molecule has 10 heteroatoms. The van der Waals surface area contributed by atoms with Crippen molar-refractivity contribution in [2.45, 2.75) is 56.3 Å². The summed E-state index contributed by atoms with van der Waals surface area (Å²) in [6.07, 6.45) is 3.09. The van der Waals surface area contributed by atoms with Crippen LogP contribution in [0.15, 0.2) is 29.2 Å². The molecule has 0 saturated carbocycles. The van der Waals surface area contributed by atoms with Crippen LogP contribution in [-0.2, 0) is 20.5 Å². The van der Waals surface area contributed by atoms with Crippen molar-refractivity contribution in [2.24, 2.45) is 11.7 Å². The number of carbonyl (C=O) groups excluding carboxylic acids is 1. The first-order chi connectivity index (χ1) is 13.8. The highest BCUT2D eigenvalue weighted by Crippen LogP contribution is 2.29. The SMILES string of the molecule is CCC[C@@H](c1nnnn1CS(=O)(=O)c1ccc(C)cc1)N1CCC(C(N)=O)CC1. The van der Waals surface area contributed by atoms with Crippen molar-refractivity contribution in [3.05, 3.63) is 35.7 Å². The van der Waals surface area contributed by atoms with Gasteiger partial charge in [-0.2, -0.15) is 0 Å². The number of nitrogens with zero attached hydrogens (tertiary/aromatic N) is 5. The Kier molecular flexibility index (Phi) is 6.63. The maximum Gasteiger partial charge on any atom is 0.220 e. The number of nitrogens with two attached hydrogens (primary N) is 1. The predicted octanol–water partition coefficient (Wildman–Crippen LogP) is 1.45. The molecule has 2 heterocycles. The normalized spacial score (nSPS) is 17.3. The van der Waals surface area contributed by atoms with Gasteiger partial charge in [0, 0.05) is 5.92 Å². The molecule has 1 fully saturated rings. The molecule has 2 aromatic rings. The molecule has 1 atom stereocenters. The fourth-order valence-electron chi connectivity index (χ4n) is 3.77. The minimum Gasteiger partial charge on any atom is -0.369 e. The topological polar surface area (TPSA) is 124 Å². The first-order valence-electron chi connectivity index (χ1n) is 9.90. The Morgan fingerprint density at radius 1 is 1.24 bits per heavy atom. The molecule has 9 nitrogen and oxygen atoms in total. The molecule has 1 amide bonds. The van der Waals surface area contributed by atoms with Crippen LogP contribution < -0.4 is 5.73 Å². The van der Waals surface area contributed by atoms with E-state index >= 15 is 0 Å². The van der Waals surface area contributed by atoms with Gasteiger partial charge in [0.1, 0.15) is 0 Å². The molecule has 29 heavy (non-hydrogen) atoms. The second-order valence-electron chi connectivity index (χ2n) is 7.61. The quantitative estimate of drug-likeness (QED) is 0.685. The zero-order valence-corrected chi connectivity index (χ0v) is 17.7. The molecule has 0 bridgehead atoms. The molecule has 1 saturated heterocycles. The first kappa shape index (κ1) is 21.4. The van der Waals surface area contributed by atoms with Gasteiger partial charge in [-0.3, -0.25) is 9.69 Å². The number of sulfone groups is 1. The van der Waals surface area contributed by atoms with Crippen molar-refractivity contribution in [1.82, 2.24) is 25.1 Å². The number of piperidine rings is 1. The lowest BCUT2D eigenvalue weighted by molar-refractivity contribution is -0.123. The number of hydrogen-bond donors (Lipinski definition) is 1. The molecule has 1 aromatic carbocycles. The highest BCUT2D eigenvalue weighted by molar-refractivity contribution is 7.90. The summed E-state index contributed by atoms with van der Waals surface area (Å²) in [5.74, 6) is -0.131. The second kappa shape index (κ2) is 9.00. The van der Waals surface area contributed by atoms with Gasteiger partial charge in [0.05, 0.1) is 10.9 Å². The molecular weight excluding hydrogens is 392 g/mol. The molecular formula is C19H28N6O3S. The smallest absolute Gasteiger partial charge is 0.220 e. The third kappa shape index (κ3) is 4.99. The first-order valence-corrected chi connectivity index (χ1v) is 11.6. The molecule has 158 valence electrons. The maximum absolute atomic E-state index is 12.9. The summed E-state index contributed by atoms with van der Waals surface area (Å²) in [7, 11) is -3.58. The van der Waals surface area contributed by atoms with Gasteiger partial charge in [-0.15, -0.1) is 5.10 Å². The van der Waals surface area contributed by atoms with Crippen molar-refractivity contribution in [3.8, 4) is 0 Å². The molecule has 0 spiro atoms. The molecule has 1 aromatic heterocycles. The Labute approximate surface area is 171 Å². The monoisotopic (exact) mass is 420 g/mol.